The molecule has 1 aromatic rings. The van der Waals surface area contributed by atoms with Gasteiger partial charge in [-0.2, -0.15) is 9.57 Å². The number of hydrogen-bond donors (Lipinski definition) is 1. The molecule has 1 aliphatic heterocycles. The molecule has 0 aromatic carbocycles. The van der Waals surface area contributed by atoms with Crippen LogP contribution >= 0.6 is 11.3 Å². The Morgan fingerprint density at radius 2 is 2.19 bits per heavy atom. The third kappa shape index (κ3) is 2.57. The van der Waals surface area contributed by atoms with E-state index in [1.54, 1.807) is 13.8 Å². The normalized spacial score (nSPS) is 23.3. The van der Waals surface area contributed by atoms with Crippen molar-refractivity contribution in [2.45, 2.75) is 24.5 Å². The minimum absolute atomic E-state index is 0.0257. The largest absolute Gasteiger partial charge is 0.481 e. The first-order chi connectivity index (χ1) is 9.74. The Labute approximate surface area is 127 Å². The van der Waals surface area contributed by atoms with Crippen LogP contribution in [0.4, 0.5) is 0 Å². The number of carbonyl (C=O) groups is 1. The maximum absolute atomic E-state index is 12.5. The molecule has 1 N–H and O–H groups in total. The van der Waals surface area contributed by atoms with Gasteiger partial charge in [0.1, 0.15) is 15.2 Å². The maximum Gasteiger partial charge on any atom is 0.311 e. The van der Waals surface area contributed by atoms with Crippen LogP contribution in [0.3, 0.4) is 0 Å². The van der Waals surface area contributed by atoms with Gasteiger partial charge in [0.15, 0.2) is 0 Å². The predicted molar refractivity (Wildman–Crippen MR) is 77.3 cm³/mol. The van der Waals surface area contributed by atoms with Crippen molar-refractivity contribution in [3.63, 3.8) is 0 Å². The summed E-state index contributed by atoms with van der Waals surface area (Å²) in [5, 5.41) is 18.3. The van der Waals surface area contributed by atoms with Crippen LogP contribution < -0.4 is 0 Å². The zero-order valence-corrected chi connectivity index (χ0v) is 13.4. The maximum atomic E-state index is 12.5. The van der Waals surface area contributed by atoms with Crippen molar-refractivity contribution in [2.24, 2.45) is 11.3 Å². The number of carboxylic acid groups (broad SMARTS) is 1. The van der Waals surface area contributed by atoms with E-state index in [4.69, 9.17) is 5.26 Å². The highest BCUT2D eigenvalue weighted by Gasteiger charge is 2.50. The van der Waals surface area contributed by atoms with E-state index in [9.17, 15) is 18.3 Å². The average molecular weight is 328 g/mol. The van der Waals surface area contributed by atoms with E-state index >= 15 is 0 Å². The molecule has 0 spiro atoms. The van der Waals surface area contributed by atoms with Gasteiger partial charge < -0.3 is 5.11 Å². The predicted octanol–water partition coefficient (Wildman–Crippen LogP) is 1.74. The summed E-state index contributed by atoms with van der Waals surface area (Å²) in [7, 11) is -3.73. The number of thiophene rings is 1. The number of nitrogens with zero attached hydrogens (tertiary/aromatic N) is 2. The molecule has 1 fully saturated rings. The molecule has 114 valence electrons. The SMILES string of the molecule is CC(C)C1(C(=O)O)CCN(S(=O)(=O)c2ccc(C#N)s2)C1. The van der Waals surface area contributed by atoms with E-state index in [-0.39, 0.29) is 23.2 Å². The Morgan fingerprint density at radius 3 is 2.62 bits per heavy atom. The van der Waals surface area contributed by atoms with Crippen molar-refractivity contribution in [1.29, 1.82) is 5.26 Å². The van der Waals surface area contributed by atoms with Crippen LogP contribution in [0, 0.1) is 22.7 Å². The van der Waals surface area contributed by atoms with Crippen LogP contribution in [0.2, 0.25) is 0 Å². The Balaban J connectivity index is 2.32. The molecule has 1 unspecified atom stereocenters. The van der Waals surface area contributed by atoms with Gasteiger partial charge in [-0.15, -0.1) is 11.3 Å². The minimum atomic E-state index is -3.73. The van der Waals surface area contributed by atoms with E-state index in [0.29, 0.717) is 11.3 Å². The fraction of sp³-hybridized carbons (Fsp3) is 0.538. The van der Waals surface area contributed by atoms with Crippen LogP contribution in [0.1, 0.15) is 25.1 Å². The highest BCUT2D eigenvalue weighted by Crippen LogP contribution is 2.40. The third-order valence-electron chi connectivity index (χ3n) is 4.08. The summed E-state index contributed by atoms with van der Waals surface area (Å²) in [6.45, 7) is 3.75. The van der Waals surface area contributed by atoms with Gasteiger partial charge in [-0.05, 0) is 24.5 Å². The second kappa shape index (κ2) is 5.40. The van der Waals surface area contributed by atoms with Crippen molar-refractivity contribution < 1.29 is 18.3 Å². The van der Waals surface area contributed by atoms with Crippen LogP contribution in [0.5, 0.6) is 0 Å². The fourth-order valence-corrected chi connectivity index (χ4v) is 5.31. The monoisotopic (exact) mass is 328 g/mol. The highest BCUT2D eigenvalue weighted by molar-refractivity contribution is 7.91. The molecule has 0 saturated carbocycles. The quantitative estimate of drug-likeness (QED) is 0.907. The third-order valence-corrected chi connectivity index (χ3v) is 7.39. The first-order valence-electron chi connectivity index (χ1n) is 6.47. The van der Waals surface area contributed by atoms with Crippen LogP contribution in [-0.4, -0.2) is 36.9 Å². The van der Waals surface area contributed by atoms with Gasteiger partial charge in [-0.3, -0.25) is 4.79 Å². The highest BCUT2D eigenvalue weighted by atomic mass is 32.2. The summed E-state index contributed by atoms with van der Waals surface area (Å²) in [5.41, 5.74) is -1.04. The van der Waals surface area contributed by atoms with Gasteiger partial charge in [0.25, 0.3) is 10.0 Å². The van der Waals surface area contributed by atoms with Crippen LogP contribution in [-0.2, 0) is 14.8 Å². The van der Waals surface area contributed by atoms with E-state index in [1.807, 2.05) is 6.07 Å². The van der Waals surface area contributed by atoms with E-state index in [1.165, 1.54) is 16.4 Å². The summed E-state index contributed by atoms with van der Waals surface area (Å²) in [6.07, 6.45) is 0.301. The molecule has 2 heterocycles. The Bertz CT molecular complexity index is 702. The first-order valence-corrected chi connectivity index (χ1v) is 8.73. The molecule has 21 heavy (non-hydrogen) atoms. The molecule has 8 heteroatoms. The van der Waals surface area contributed by atoms with Crippen molar-refractivity contribution >= 4 is 27.3 Å². The Hall–Kier alpha value is -1.43. The smallest absolute Gasteiger partial charge is 0.311 e. The molecule has 1 aromatic heterocycles. The van der Waals surface area contributed by atoms with Gasteiger partial charge >= 0.3 is 5.97 Å². The lowest BCUT2D eigenvalue weighted by Gasteiger charge is -2.28. The Kier molecular flexibility index (Phi) is 4.10. The number of nitriles is 1. The van der Waals surface area contributed by atoms with Crippen LogP contribution in [0.15, 0.2) is 16.3 Å². The summed E-state index contributed by atoms with van der Waals surface area (Å²) >= 11 is 0.905. The molecule has 0 amide bonds. The average Bonchev–Trinajstić information content (AvgIpc) is 3.06. The number of aliphatic carboxylic acids is 1. The molecule has 0 radical (unpaired) electrons. The first kappa shape index (κ1) is 15.9. The van der Waals surface area contributed by atoms with Gasteiger partial charge in [-0.1, -0.05) is 13.8 Å². The lowest BCUT2D eigenvalue weighted by atomic mass is 9.77. The number of hydrogen-bond acceptors (Lipinski definition) is 5. The van der Waals surface area contributed by atoms with E-state index < -0.39 is 21.4 Å². The van der Waals surface area contributed by atoms with Crippen molar-refractivity contribution in [3.8, 4) is 6.07 Å². The fourth-order valence-electron chi connectivity index (χ4n) is 2.54. The topological polar surface area (TPSA) is 98.5 Å². The zero-order chi connectivity index (χ0) is 15.8. The second-order valence-corrected chi connectivity index (χ2v) is 8.68. The molecule has 6 nitrogen and oxygen atoms in total. The molecule has 1 aliphatic rings. The van der Waals surface area contributed by atoms with Gasteiger partial charge in [0.2, 0.25) is 0 Å². The summed E-state index contributed by atoms with van der Waals surface area (Å²) in [6, 6.07) is 4.76. The van der Waals surface area contributed by atoms with Crippen LogP contribution in [0.25, 0.3) is 0 Å². The van der Waals surface area contributed by atoms with Crippen molar-refractivity contribution in [1.82, 2.24) is 4.31 Å². The lowest BCUT2D eigenvalue weighted by molar-refractivity contribution is -0.150. The standard InChI is InChI=1S/C13H16N2O4S2/c1-9(2)13(12(16)17)5-6-15(8-13)21(18,19)11-4-3-10(7-14)20-11/h3-4,9H,5-6,8H2,1-2H3,(H,16,17). The zero-order valence-electron chi connectivity index (χ0n) is 11.7. The molecule has 2 rings (SSSR count). The second-order valence-electron chi connectivity index (χ2n) is 5.44. The van der Waals surface area contributed by atoms with Gasteiger partial charge in [0, 0.05) is 13.1 Å². The molecule has 0 aliphatic carbocycles. The summed E-state index contributed by atoms with van der Waals surface area (Å²) in [4.78, 5) is 11.9. The van der Waals surface area contributed by atoms with E-state index in [2.05, 4.69) is 0 Å². The summed E-state index contributed by atoms with van der Waals surface area (Å²) in [5.74, 6) is -1.12. The van der Waals surface area contributed by atoms with Gasteiger partial charge in [-0.25, -0.2) is 8.42 Å². The molecule has 1 atom stereocenters. The summed E-state index contributed by atoms with van der Waals surface area (Å²) < 4.78 is 26.4. The molecular formula is C13H16N2O4S2. The minimum Gasteiger partial charge on any atom is -0.481 e. The number of sulfonamides is 1. The lowest BCUT2D eigenvalue weighted by Crippen LogP contribution is -2.40. The molecule has 0 bridgehead atoms. The van der Waals surface area contributed by atoms with Crippen molar-refractivity contribution in [3.05, 3.63) is 17.0 Å². The van der Waals surface area contributed by atoms with Gasteiger partial charge in [0.05, 0.1) is 5.41 Å². The molecule has 1 saturated heterocycles. The Morgan fingerprint density at radius 1 is 1.52 bits per heavy atom. The van der Waals surface area contributed by atoms with E-state index in [0.717, 1.165) is 11.3 Å². The number of rotatable bonds is 4. The number of carboxylic acids is 1. The van der Waals surface area contributed by atoms with Crippen molar-refractivity contribution in [2.75, 3.05) is 13.1 Å². The molecular weight excluding hydrogens is 312 g/mol.